The molecule has 1 saturated heterocycles. The molecule has 0 spiro atoms. The molecule has 6 nitrogen and oxygen atoms in total. The Morgan fingerprint density at radius 1 is 1.03 bits per heavy atom. The van der Waals surface area contributed by atoms with Crippen molar-refractivity contribution in [1.82, 2.24) is 4.90 Å². The number of ketones is 1. The number of methoxy groups -OCH3 is 2. The molecule has 2 aromatic carbocycles. The van der Waals surface area contributed by atoms with Crippen LogP contribution in [0.1, 0.15) is 54.5 Å². The first-order chi connectivity index (χ1) is 15.3. The molecule has 0 aliphatic carbocycles. The van der Waals surface area contributed by atoms with Gasteiger partial charge in [-0.1, -0.05) is 38.0 Å². The molecule has 1 N–H and O–H groups in total. The second-order valence-electron chi connectivity index (χ2n) is 8.14. The van der Waals surface area contributed by atoms with Crippen LogP contribution in [0.15, 0.2) is 42.0 Å². The maximum Gasteiger partial charge on any atom is 0.295 e. The molecule has 1 unspecified atom stereocenters. The maximum atomic E-state index is 13.2. The van der Waals surface area contributed by atoms with Gasteiger partial charge in [0.25, 0.3) is 11.7 Å². The lowest BCUT2D eigenvalue weighted by Gasteiger charge is -2.25. The number of Topliss-reactive ketones (excluding diaryl/α,β-unsaturated/α-hetero) is 1. The van der Waals surface area contributed by atoms with Gasteiger partial charge in [-0.05, 0) is 55.2 Å². The van der Waals surface area contributed by atoms with Crippen molar-refractivity contribution in [3.63, 3.8) is 0 Å². The molecule has 1 heterocycles. The molecule has 170 valence electrons. The molecule has 1 atom stereocenters. The number of carbonyl (C=O) groups is 2. The van der Waals surface area contributed by atoms with E-state index in [0.29, 0.717) is 23.6 Å². The van der Waals surface area contributed by atoms with Crippen molar-refractivity contribution in [3.05, 3.63) is 64.2 Å². The Kier molecular flexibility index (Phi) is 7.23. The van der Waals surface area contributed by atoms with Crippen molar-refractivity contribution >= 4 is 17.4 Å². The van der Waals surface area contributed by atoms with E-state index in [-0.39, 0.29) is 11.3 Å². The largest absolute Gasteiger partial charge is 0.507 e. The fourth-order valence-electron chi connectivity index (χ4n) is 4.32. The van der Waals surface area contributed by atoms with Crippen molar-refractivity contribution in [2.45, 2.75) is 46.1 Å². The summed E-state index contributed by atoms with van der Waals surface area (Å²) in [5, 5.41) is 11.4. The van der Waals surface area contributed by atoms with Gasteiger partial charge in [0, 0.05) is 6.54 Å². The summed E-state index contributed by atoms with van der Waals surface area (Å²) in [6.45, 7) is 6.32. The fraction of sp³-hybridized carbons (Fsp3) is 0.385. The standard InChI is InChI=1S/C26H31NO5/c1-6-7-8-13-27-22(18-9-11-19(31-4)12-10-18)21(24(29)26(27)30)23(28)20-15-16(2)14-17(3)25(20)32-5/h9-12,14-15,22,28H,6-8,13H2,1-5H3/b23-21+. The lowest BCUT2D eigenvalue weighted by Crippen LogP contribution is -2.30. The lowest BCUT2D eigenvalue weighted by atomic mass is 9.93. The van der Waals surface area contributed by atoms with Crippen LogP contribution in [-0.4, -0.2) is 42.5 Å². The van der Waals surface area contributed by atoms with E-state index in [1.165, 1.54) is 7.11 Å². The third kappa shape index (κ3) is 4.35. The van der Waals surface area contributed by atoms with Crippen LogP contribution in [0.2, 0.25) is 0 Å². The SMILES string of the molecule is CCCCCN1C(=O)C(=O)/C(=C(/O)c2cc(C)cc(C)c2OC)C1c1ccc(OC)cc1. The van der Waals surface area contributed by atoms with Gasteiger partial charge in [-0.3, -0.25) is 9.59 Å². The first kappa shape index (κ1) is 23.4. The Hall–Kier alpha value is -3.28. The number of hydrogen-bond donors (Lipinski definition) is 1. The average molecular weight is 438 g/mol. The predicted octanol–water partition coefficient (Wildman–Crippen LogP) is 4.93. The van der Waals surface area contributed by atoms with E-state index in [1.807, 2.05) is 32.0 Å². The molecule has 6 heteroatoms. The Morgan fingerprint density at radius 3 is 2.31 bits per heavy atom. The van der Waals surface area contributed by atoms with Gasteiger partial charge in [0.15, 0.2) is 0 Å². The Balaban J connectivity index is 2.20. The van der Waals surface area contributed by atoms with Crippen LogP contribution in [-0.2, 0) is 9.59 Å². The summed E-state index contributed by atoms with van der Waals surface area (Å²) in [5.41, 5.74) is 3.00. The number of nitrogens with zero attached hydrogens (tertiary/aromatic N) is 1. The normalized spacial score (nSPS) is 17.7. The number of unbranched alkanes of at least 4 members (excludes halogenated alkanes) is 2. The molecule has 1 fully saturated rings. The van der Waals surface area contributed by atoms with Crippen LogP contribution in [0.5, 0.6) is 11.5 Å². The first-order valence-corrected chi connectivity index (χ1v) is 10.9. The number of amides is 1. The molecule has 0 bridgehead atoms. The highest BCUT2D eigenvalue weighted by Gasteiger charge is 2.46. The van der Waals surface area contributed by atoms with Crippen LogP contribution in [0.3, 0.4) is 0 Å². The average Bonchev–Trinajstić information content (AvgIpc) is 3.03. The third-order valence-corrected chi connectivity index (χ3v) is 5.85. The number of hydrogen-bond acceptors (Lipinski definition) is 5. The summed E-state index contributed by atoms with van der Waals surface area (Å²) in [6, 6.07) is 10.3. The van der Waals surface area contributed by atoms with Crippen molar-refractivity contribution in [2.24, 2.45) is 0 Å². The number of carbonyl (C=O) groups excluding carboxylic acids is 2. The van der Waals surface area contributed by atoms with Crippen LogP contribution >= 0.6 is 0 Å². The highest BCUT2D eigenvalue weighted by Crippen LogP contribution is 2.42. The van der Waals surface area contributed by atoms with E-state index in [0.717, 1.165) is 36.0 Å². The van der Waals surface area contributed by atoms with Crippen LogP contribution < -0.4 is 9.47 Å². The number of aryl methyl sites for hydroxylation is 2. The van der Waals surface area contributed by atoms with E-state index >= 15 is 0 Å². The minimum Gasteiger partial charge on any atom is -0.507 e. The molecular weight excluding hydrogens is 406 g/mol. The monoisotopic (exact) mass is 437 g/mol. The summed E-state index contributed by atoms with van der Waals surface area (Å²) in [7, 11) is 3.11. The Bertz CT molecular complexity index is 1040. The van der Waals surface area contributed by atoms with E-state index in [2.05, 4.69) is 6.92 Å². The molecule has 1 aliphatic heterocycles. The van der Waals surface area contributed by atoms with E-state index in [1.54, 1.807) is 30.2 Å². The summed E-state index contributed by atoms with van der Waals surface area (Å²) >= 11 is 0. The topological polar surface area (TPSA) is 76.1 Å². The quantitative estimate of drug-likeness (QED) is 0.274. The third-order valence-electron chi connectivity index (χ3n) is 5.85. The van der Waals surface area contributed by atoms with E-state index in [4.69, 9.17) is 9.47 Å². The zero-order valence-electron chi connectivity index (χ0n) is 19.4. The molecule has 3 rings (SSSR count). The minimum atomic E-state index is -0.680. The summed E-state index contributed by atoms with van der Waals surface area (Å²) in [6.07, 6.45) is 2.73. The lowest BCUT2D eigenvalue weighted by molar-refractivity contribution is -0.139. The van der Waals surface area contributed by atoms with Gasteiger partial charge in [0.2, 0.25) is 0 Å². The van der Waals surface area contributed by atoms with Gasteiger partial charge in [-0.25, -0.2) is 0 Å². The molecule has 32 heavy (non-hydrogen) atoms. The molecule has 0 aromatic heterocycles. The van der Waals surface area contributed by atoms with Gasteiger partial charge in [0.05, 0.1) is 31.4 Å². The smallest absolute Gasteiger partial charge is 0.295 e. The highest BCUT2D eigenvalue weighted by molar-refractivity contribution is 6.46. The van der Waals surface area contributed by atoms with Crippen LogP contribution in [0.4, 0.5) is 0 Å². The first-order valence-electron chi connectivity index (χ1n) is 10.9. The maximum absolute atomic E-state index is 13.2. The van der Waals surface area contributed by atoms with E-state index < -0.39 is 17.7 Å². The van der Waals surface area contributed by atoms with Crippen LogP contribution in [0.25, 0.3) is 5.76 Å². The summed E-state index contributed by atoms with van der Waals surface area (Å²) in [5.74, 6) is -0.329. The van der Waals surface area contributed by atoms with Gasteiger partial charge in [-0.15, -0.1) is 0 Å². The van der Waals surface area contributed by atoms with Crippen molar-refractivity contribution in [3.8, 4) is 11.5 Å². The van der Waals surface area contributed by atoms with Crippen molar-refractivity contribution in [2.75, 3.05) is 20.8 Å². The highest BCUT2D eigenvalue weighted by atomic mass is 16.5. The zero-order valence-corrected chi connectivity index (χ0v) is 19.4. The summed E-state index contributed by atoms with van der Waals surface area (Å²) in [4.78, 5) is 27.8. The number of benzene rings is 2. The van der Waals surface area contributed by atoms with Crippen molar-refractivity contribution in [1.29, 1.82) is 0 Å². The van der Waals surface area contributed by atoms with Gasteiger partial charge in [0.1, 0.15) is 17.3 Å². The van der Waals surface area contributed by atoms with E-state index in [9.17, 15) is 14.7 Å². The number of ether oxygens (including phenoxy) is 2. The number of aliphatic hydroxyl groups excluding tert-OH is 1. The molecule has 1 amide bonds. The number of aliphatic hydroxyl groups is 1. The molecule has 0 radical (unpaired) electrons. The Labute approximate surface area is 189 Å². The second-order valence-corrected chi connectivity index (χ2v) is 8.14. The minimum absolute atomic E-state index is 0.0833. The zero-order chi connectivity index (χ0) is 23.4. The van der Waals surface area contributed by atoms with Gasteiger partial charge < -0.3 is 19.5 Å². The predicted molar refractivity (Wildman–Crippen MR) is 124 cm³/mol. The number of rotatable bonds is 8. The number of likely N-dealkylation sites (tertiary alicyclic amines) is 1. The fourth-order valence-corrected chi connectivity index (χ4v) is 4.32. The Morgan fingerprint density at radius 2 is 1.72 bits per heavy atom. The van der Waals surface area contributed by atoms with Gasteiger partial charge in [-0.2, -0.15) is 0 Å². The van der Waals surface area contributed by atoms with Crippen molar-refractivity contribution < 1.29 is 24.2 Å². The molecule has 1 aliphatic rings. The molecule has 0 saturated carbocycles. The second kappa shape index (κ2) is 9.90. The summed E-state index contributed by atoms with van der Waals surface area (Å²) < 4.78 is 10.8. The molecule has 2 aromatic rings. The molecular formula is C26H31NO5. The van der Waals surface area contributed by atoms with Crippen LogP contribution in [0, 0.1) is 13.8 Å². The van der Waals surface area contributed by atoms with Gasteiger partial charge >= 0.3 is 0 Å².